The quantitative estimate of drug-likeness (QED) is 0.215. The number of benzene rings is 4. The second kappa shape index (κ2) is 19.8. The Morgan fingerprint density at radius 1 is 0.520 bits per heavy atom. The van der Waals surface area contributed by atoms with Crippen LogP contribution in [0.5, 0.6) is 0 Å². The van der Waals surface area contributed by atoms with Gasteiger partial charge in [-0.2, -0.15) is 34.4 Å². The Bertz CT molecular complexity index is 1840. The van der Waals surface area contributed by atoms with Crippen molar-refractivity contribution >= 4 is 15.9 Å². The Labute approximate surface area is 326 Å². The average Bonchev–Trinajstić information content (AvgIpc) is 3.55. The molecule has 4 aromatic carbocycles. The molecule has 0 aromatic heterocycles. The van der Waals surface area contributed by atoms with E-state index in [-0.39, 0.29) is 24.8 Å². The van der Waals surface area contributed by atoms with Gasteiger partial charge in [0.25, 0.3) is 0 Å². The summed E-state index contributed by atoms with van der Waals surface area (Å²) in [5.41, 5.74) is 10.2. The van der Waals surface area contributed by atoms with Gasteiger partial charge in [0.15, 0.2) is 0 Å². The molecule has 4 heteroatoms. The Balaban J connectivity index is 0.000000166. The third kappa shape index (κ3) is 10.3. The van der Waals surface area contributed by atoms with Gasteiger partial charge in [0.2, 0.25) is 0 Å². The van der Waals surface area contributed by atoms with E-state index in [0.717, 1.165) is 12.8 Å². The summed E-state index contributed by atoms with van der Waals surface area (Å²) in [5, 5.41) is 3.07. The first-order chi connectivity index (χ1) is 23.6. The summed E-state index contributed by atoms with van der Waals surface area (Å²) in [6.07, 6.45) is 26.7. The average molecular weight is 870 g/mol. The van der Waals surface area contributed by atoms with Crippen molar-refractivity contribution in [2.24, 2.45) is 0 Å². The first kappa shape index (κ1) is 39.3. The number of rotatable bonds is 4. The molecule has 2 atom stereocenters. The molecule has 4 aliphatic carbocycles. The van der Waals surface area contributed by atoms with Crippen LogP contribution in [-0.4, -0.2) is 5.49 Å². The van der Waals surface area contributed by atoms with Crippen LogP contribution in [0.15, 0.2) is 203 Å². The van der Waals surface area contributed by atoms with E-state index in [4.69, 9.17) is 0 Å². The first-order valence-electron chi connectivity index (χ1n) is 16.7. The third-order valence-electron chi connectivity index (χ3n) is 8.85. The summed E-state index contributed by atoms with van der Waals surface area (Å²) in [5.74, 6) is 0.956. The second-order valence-electron chi connectivity index (χ2n) is 12.3. The normalized spacial score (nSPS) is 18.0. The van der Waals surface area contributed by atoms with Gasteiger partial charge in [-0.25, -0.2) is 0 Å². The van der Waals surface area contributed by atoms with Crippen molar-refractivity contribution < 1.29 is 47.8 Å². The molecule has 8 rings (SSSR count). The predicted octanol–water partition coefficient (Wildman–Crippen LogP) is 4.04. The number of fused-ring (bicyclic) bond motifs is 2. The molecular formula is C46H40Cl2HfSi-2. The molecule has 0 bridgehead atoms. The van der Waals surface area contributed by atoms with E-state index < -0.39 is 5.49 Å². The van der Waals surface area contributed by atoms with Crippen molar-refractivity contribution in [3.63, 3.8) is 0 Å². The SMILES string of the molecule is CC1=[C-]C2=CC=CCC(c3ccccc3)C2=C1.CC1=[C-]C2=CC=CCC(c3ccccc3)C2=C1.[Cl-].[Cl-].[Hf+2]=[Si](c1ccccc1)c1ccccc1. The zero-order valence-corrected chi connectivity index (χ0v) is 34.6. The minimum atomic E-state index is -0.406. The van der Waals surface area contributed by atoms with Gasteiger partial charge in [0, 0.05) is 0 Å². The summed E-state index contributed by atoms with van der Waals surface area (Å²) in [6.45, 7) is 4.24. The molecule has 0 aliphatic heterocycles. The zero-order chi connectivity index (χ0) is 33.1. The molecule has 50 heavy (non-hydrogen) atoms. The van der Waals surface area contributed by atoms with E-state index in [1.54, 1.807) is 0 Å². The fourth-order valence-corrected chi connectivity index (χ4v) is 11.5. The Morgan fingerprint density at radius 2 is 0.860 bits per heavy atom. The van der Waals surface area contributed by atoms with Crippen LogP contribution in [0.2, 0.25) is 0 Å². The van der Waals surface area contributed by atoms with Gasteiger partial charge in [-0.1, -0.05) is 86.7 Å². The molecule has 0 saturated carbocycles. The number of allylic oxidation sites excluding steroid dienone is 16. The van der Waals surface area contributed by atoms with Gasteiger partial charge < -0.3 is 24.8 Å². The van der Waals surface area contributed by atoms with Crippen LogP contribution in [0.25, 0.3) is 0 Å². The first-order valence-corrected chi connectivity index (χ1v) is 23.6. The van der Waals surface area contributed by atoms with Crippen LogP contribution in [0, 0.1) is 12.2 Å². The van der Waals surface area contributed by atoms with Crippen molar-refractivity contribution in [1.82, 2.24) is 0 Å². The summed E-state index contributed by atoms with van der Waals surface area (Å²) < 4.78 is 0. The molecule has 0 radical (unpaired) electrons. The summed E-state index contributed by atoms with van der Waals surface area (Å²) >= 11 is 1.27. The summed E-state index contributed by atoms with van der Waals surface area (Å²) in [4.78, 5) is 0. The van der Waals surface area contributed by atoms with E-state index >= 15 is 0 Å². The van der Waals surface area contributed by atoms with Gasteiger partial charge in [0.05, 0.1) is 0 Å². The Hall–Kier alpha value is -3.53. The molecular weight excluding hydrogens is 830 g/mol. The summed E-state index contributed by atoms with van der Waals surface area (Å²) in [6, 6.07) is 43.3. The van der Waals surface area contributed by atoms with Crippen molar-refractivity contribution in [1.29, 1.82) is 0 Å². The molecule has 4 aromatic rings. The molecule has 0 N–H and O–H groups in total. The molecule has 4 aliphatic rings. The van der Waals surface area contributed by atoms with E-state index in [1.807, 2.05) is 0 Å². The molecule has 0 amide bonds. The third-order valence-corrected chi connectivity index (χ3v) is 16.9. The predicted molar refractivity (Wildman–Crippen MR) is 201 cm³/mol. The van der Waals surface area contributed by atoms with Crippen molar-refractivity contribution in [2.75, 3.05) is 0 Å². The van der Waals surface area contributed by atoms with Gasteiger partial charge in [-0.3, -0.25) is 0 Å². The van der Waals surface area contributed by atoms with Crippen LogP contribution >= 0.6 is 0 Å². The number of hydrogen-bond acceptors (Lipinski definition) is 0. The maximum atomic E-state index is 3.43. The maximum absolute atomic E-state index is 3.43. The van der Waals surface area contributed by atoms with Crippen LogP contribution < -0.4 is 35.2 Å². The van der Waals surface area contributed by atoms with E-state index in [2.05, 4.69) is 196 Å². The van der Waals surface area contributed by atoms with E-state index in [1.165, 1.54) is 77.9 Å². The van der Waals surface area contributed by atoms with Gasteiger partial charge in [0.1, 0.15) is 0 Å². The molecule has 0 spiro atoms. The number of halogens is 2. The topological polar surface area (TPSA) is 0 Å². The van der Waals surface area contributed by atoms with Crippen molar-refractivity contribution in [2.45, 2.75) is 38.5 Å². The minimum absolute atomic E-state index is 0. The summed E-state index contributed by atoms with van der Waals surface area (Å²) in [7, 11) is 0. The molecule has 0 nitrogen and oxygen atoms in total. The fraction of sp³-hybridized carbons (Fsp3) is 0.130. The molecule has 0 fully saturated rings. The van der Waals surface area contributed by atoms with Gasteiger partial charge in [-0.15, -0.1) is 47.6 Å². The van der Waals surface area contributed by atoms with Crippen LogP contribution in [0.4, 0.5) is 0 Å². The van der Waals surface area contributed by atoms with Crippen LogP contribution in [0.3, 0.4) is 0 Å². The van der Waals surface area contributed by atoms with Gasteiger partial charge in [-0.05, 0) is 35.8 Å². The molecule has 2 unspecified atom stereocenters. The van der Waals surface area contributed by atoms with Crippen LogP contribution in [-0.2, 0) is 23.0 Å². The van der Waals surface area contributed by atoms with Crippen molar-refractivity contribution in [3.05, 3.63) is 227 Å². The standard InChI is InChI=1S/2C17H15.C12H10Si.2ClH.Hf/c2*1-13-11-15-9-5-6-10-16(17(15)12-13)14-7-3-2-4-8-14;1-3-7-11(8-4-1)13-12-9-5-2-6-10-12;;;/h2*2-9,12,16H,10H2,1H3;1-10H;2*1H;/q2*-1;;;;+2/p-2. The molecule has 0 saturated heterocycles. The number of hydrogen-bond donors (Lipinski definition) is 0. The Kier molecular flexibility index (Phi) is 15.5. The molecule has 0 heterocycles. The van der Waals surface area contributed by atoms with Gasteiger partial charge >= 0.3 is 99.5 Å². The zero-order valence-electron chi connectivity index (χ0n) is 28.5. The second-order valence-corrected chi connectivity index (χ2v) is 19.6. The monoisotopic (exact) mass is 870 g/mol. The van der Waals surface area contributed by atoms with Crippen LogP contribution in [0.1, 0.15) is 49.7 Å². The van der Waals surface area contributed by atoms with E-state index in [0.29, 0.717) is 11.8 Å². The fourth-order valence-electron chi connectivity index (χ4n) is 6.51. The van der Waals surface area contributed by atoms with Crippen molar-refractivity contribution in [3.8, 4) is 0 Å². The Morgan fingerprint density at radius 3 is 1.22 bits per heavy atom. The molecule has 248 valence electrons. The van der Waals surface area contributed by atoms with E-state index in [9.17, 15) is 0 Å².